The van der Waals surface area contributed by atoms with Gasteiger partial charge in [-0.1, -0.05) is 48.0 Å². The number of nitrogens with one attached hydrogen (secondary N) is 1. The van der Waals surface area contributed by atoms with E-state index in [9.17, 15) is 4.79 Å². The van der Waals surface area contributed by atoms with E-state index in [1.54, 1.807) is 0 Å². The quantitative estimate of drug-likeness (QED) is 0.443. The Bertz CT molecular complexity index is 854. The molecule has 1 amide bonds. The van der Waals surface area contributed by atoms with Crippen LogP contribution in [0.3, 0.4) is 0 Å². The topological polar surface area (TPSA) is 60.1 Å². The molecule has 0 spiro atoms. The maximum absolute atomic E-state index is 12.1. The van der Waals surface area contributed by atoms with Crippen molar-refractivity contribution in [2.24, 2.45) is 5.84 Å². The number of nitrogens with zero attached hydrogens (tertiary/aromatic N) is 1. The second-order valence-corrected chi connectivity index (χ2v) is 5.54. The summed E-state index contributed by atoms with van der Waals surface area (Å²) >= 11 is 6.26. The number of fused-ring (bicyclic) bond motifs is 1. The Labute approximate surface area is 133 Å². The van der Waals surface area contributed by atoms with Crippen LogP contribution in [0.2, 0.25) is 5.02 Å². The first-order chi connectivity index (χ1) is 10.6. The van der Waals surface area contributed by atoms with E-state index < -0.39 is 0 Å². The van der Waals surface area contributed by atoms with Crippen molar-refractivity contribution in [3.8, 4) is 0 Å². The molecule has 22 heavy (non-hydrogen) atoms. The van der Waals surface area contributed by atoms with Crippen LogP contribution in [0.1, 0.15) is 21.6 Å². The van der Waals surface area contributed by atoms with E-state index in [0.717, 1.165) is 22.2 Å². The smallest absolute Gasteiger partial charge is 0.267 e. The molecule has 3 aromatic rings. The molecule has 1 heterocycles. The van der Waals surface area contributed by atoms with Crippen LogP contribution in [0.4, 0.5) is 0 Å². The number of carbonyl (C=O) groups excluding carboxylic acids is 1. The van der Waals surface area contributed by atoms with Gasteiger partial charge in [-0.2, -0.15) is 0 Å². The van der Waals surface area contributed by atoms with Gasteiger partial charge in [0.15, 0.2) is 0 Å². The molecule has 0 atom stereocenters. The van der Waals surface area contributed by atoms with Crippen molar-refractivity contribution in [2.45, 2.75) is 13.5 Å². The lowest BCUT2D eigenvalue weighted by Crippen LogP contribution is -2.30. The minimum atomic E-state index is -0.286. The number of nitrogen functional groups attached to an aromatic ring is 1. The summed E-state index contributed by atoms with van der Waals surface area (Å²) in [4.78, 5) is 12.1. The SMILES string of the molecule is Cc1c(C(=O)NN)c2ccccc2n1Cc1ccccc1Cl. The van der Waals surface area contributed by atoms with Crippen molar-refractivity contribution in [2.75, 3.05) is 0 Å². The van der Waals surface area contributed by atoms with Crippen molar-refractivity contribution in [1.29, 1.82) is 0 Å². The number of rotatable bonds is 3. The molecule has 0 saturated heterocycles. The van der Waals surface area contributed by atoms with Crippen molar-refractivity contribution < 1.29 is 4.79 Å². The lowest BCUT2D eigenvalue weighted by Gasteiger charge is -2.10. The molecule has 0 unspecified atom stereocenters. The molecule has 0 aliphatic rings. The van der Waals surface area contributed by atoms with E-state index in [2.05, 4.69) is 9.99 Å². The number of benzene rings is 2. The van der Waals surface area contributed by atoms with Crippen LogP contribution in [-0.4, -0.2) is 10.5 Å². The zero-order chi connectivity index (χ0) is 15.7. The van der Waals surface area contributed by atoms with Gasteiger partial charge in [-0.3, -0.25) is 10.2 Å². The van der Waals surface area contributed by atoms with Crippen LogP contribution < -0.4 is 11.3 Å². The fourth-order valence-electron chi connectivity index (χ4n) is 2.79. The van der Waals surface area contributed by atoms with Gasteiger partial charge in [-0.15, -0.1) is 0 Å². The summed E-state index contributed by atoms with van der Waals surface area (Å²) in [7, 11) is 0. The summed E-state index contributed by atoms with van der Waals surface area (Å²) in [5.41, 5.74) is 5.68. The lowest BCUT2D eigenvalue weighted by molar-refractivity contribution is 0.0954. The van der Waals surface area contributed by atoms with Crippen LogP contribution in [0.5, 0.6) is 0 Å². The van der Waals surface area contributed by atoms with Gasteiger partial charge in [0.25, 0.3) is 5.91 Å². The number of hydrogen-bond donors (Lipinski definition) is 2. The molecule has 0 fully saturated rings. The highest BCUT2D eigenvalue weighted by atomic mass is 35.5. The van der Waals surface area contributed by atoms with Gasteiger partial charge in [-0.25, -0.2) is 5.84 Å². The molecule has 0 aliphatic heterocycles. The summed E-state index contributed by atoms with van der Waals surface area (Å²) in [6, 6.07) is 15.5. The normalized spacial score (nSPS) is 10.9. The van der Waals surface area contributed by atoms with Crippen LogP contribution >= 0.6 is 11.6 Å². The fourth-order valence-corrected chi connectivity index (χ4v) is 2.99. The van der Waals surface area contributed by atoms with E-state index in [-0.39, 0.29) is 5.91 Å². The third-order valence-electron chi connectivity index (χ3n) is 3.88. The predicted octanol–water partition coefficient (Wildman–Crippen LogP) is 3.25. The molecule has 5 heteroatoms. The number of halogens is 1. The summed E-state index contributed by atoms with van der Waals surface area (Å²) in [6.45, 7) is 2.52. The molecule has 3 N–H and O–H groups in total. The summed E-state index contributed by atoms with van der Waals surface area (Å²) < 4.78 is 2.08. The van der Waals surface area contributed by atoms with Crippen molar-refractivity contribution in [1.82, 2.24) is 9.99 Å². The molecule has 112 valence electrons. The Morgan fingerprint density at radius 1 is 1.18 bits per heavy atom. The zero-order valence-corrected chi connectivity index (χ0v) is 12.9. The van der Waals surface area contributed by atoms with Crippen molar-refractivity contribution in [3.05, 3.63) is 70.4 Å². The molecular weight excluding hydrogens is 298 g/mol. The third-order valence-corrected chi connectivity index (χ3v) is 4.24. The zero-order valence-electron chi connectivity index (χ0n) is 12.1. The standard InChI is InChI=1S/C17H16ClN3O/c1-11-16(17(22)20-19)13-7-3-5-9-15(13)21(11)10-12-6-2-4-8-14(12)18/h2-9H,10,19H2,1H3,(H,20,22). The second kappa shape index (κ2) is 5.83. The number of carbonyl (C=O) groups is 1. The third kappa shape index (κ3) is 2.36. The van der Waals surface area contributed by atoms with E-state index in [4.69, 9.17) is 17.4 Å². The summed E-state index contributed by atoms with van der Waals surface area (Å²) in [5, 5.41) is 1.60. The second-order valence-electron chi connectivity index (χ2n) is 5.13. The van der Waals surface area contributed by atoms with E-state index >= 15 is 0 Å². The van der Waals surface area contributed by atoms with Gasteiger partial charge in [0.05, 0.1) is 5.56 Å². The molecule has 1 aromatic heterocycles. The Morgan fingerprint density at radius 2 is 1.86 bits per heavy atom. The van der Waals surface area contributed by atoms with Crippen LogP contribution in [0, 0.1) is 6.92 Å². The van der Waals surface area contributed by atoms with Crippen molar-refractivity contribution in [3.63, 3.8) is 0 Å². The average Bonchev–Trinajstić information content (AvgIpc) is 2.81. The number of hydrazine groups is 1. The molecule has 0 saturated carbocycles. The van der Waals surface area contributed by atoms with Crippen LogP contribution in [0.25, 0.3) is 10.9 Å². The first-order valence-electron chi connectivity index (χ1n) is 6.95. The van der Waals surface area contributed by atoms with Gasteiger partial charge in [0, 0.05) is 28.2 Å². The molecule has 3 rings (SSSR count). The fraction of sp³-hybridized carbons (Fsp3) is 0.118. The van der Waals surface area contributed by atoms with Gasteiger partial charge >= 0.3 is 0 Å². The Morgan fingerprint density at radius 3 is 2.59 bits per heavy atom. The number of aromatic nitrogens is 1. The molecule has 0 bridgehead atoms. The maximum Gasteiger partial charge on any atom is 0.267 e. The lowest BCUT2D eigenvalue weighted by atomic mass is 10.1. The minimum Gasteiger partial charge on any atom is -0.340 e. The number of nitrogens with two attached hydrogens (primary N) is 1. The van der Waals surface area contributed by atoms with E-state index in [0.29, 0.717) is 17.1 Å². The molecule has 4 nitrogen and oxygen atoms in total. The van der Waals surface area contributed by atoms with Crippen molar-refractivity contribution >= 4 is 28.4 Å². The van der Waals surface area contributed by atoms with E-state index in [1.165, 1.54) is 0 Å². The highest BCUT2D eigenvalue weighted by Gasteiger charge is 2.19. The minimum absolute atomic E-state index is 0.286. The van der Waals surface area contributed by atoms with E-state index in [1.807, 2.05) is 55.5 Å². The molecular formula is C17H16ClN3O. The first-order valence-corrected chi connectivity index (χ1v) is 7.33. The Hall–Kier alpha value is -2.30. The largest absolute Gasteiger partial charge is 0.340 e. The molecule has 0 radical (unpaired) electrons. The van der Waals surface area contributed by atoms with Gasteiger partial charge < -0.3 is 4.57 Å². The summed E-state index contributed by atoms with van der Waals surface area (Å²) in [6.07, 6.45) is 0. The number of amides is 1. The Balaban J connectivity index is 2.20. The van der Waals surface area contributed by atoms with Crippen LogP contribution in [-0.2, 0) is 6.54 Å². The van der Waals surface area contributed by atoms with Crippen LogP contribution in [0.15, 0.2) is 48.5 Å². The summed E-state index contributed by atoms with van der Waals surface area (Å²) in [5.74, 6) is 5.03. The predicted molar refractivity (Wildman–Crippen MR) is 88.9 cm³/mol. The Kier molecular flexibility index (Phi) is 3.88. The van der Waals surface area contributed by atoms with Gasteiger partial charge in [0.2, 0.25) is 0 Å². The number of hydrogen-bond acceptors (Lipinski definition) is 2. The first kappa shape index (κ1) is 14.6. The average molecular weight is 314 g/mol. The maximum atomic E-state index is 12.1. The molecule has 0 aliphatic carbocycles. The highest BCUT2D eigenvalue weighted by molar-refractivity contribution is 6.31. The van der Waals surface area contributed by atoms with Gasteiger partial charge in [0.1, 0.15) is 0 Å². The highest BCUT2D eigenvalue weighted by Crippen LogP contribution is 2.28. The molecule has 2 aromatic carbocycles. The van der Waals surface area contributed by atoms with Gasteiger partial charge in [-0.05, 0) is 24.6 Å². The number of para-hydroxylation sites is 1. The monoisotopic (exact) mass is 313 g/mol.